The molecule has 2 aromatic carbocycles. The SMILES string of the molecule is CC(C)COc1cccc(/C(O)=C2/C(=O)C(=O)N(CCCN(C)C)C2c2ccc(O)cc2)c1. The molecule has 0 radical (unpaired) electrons. The Hall–Kier alpha value is -3.32. The molecule has 0 spiro atoms. The van der Waals surface area contributed by atoms with Gasteiger partial charge < -0.3 is 24.7 Å². The second-order valence-electron chi connectivity index (χ2n) is 8.97. The number of amides is 1. The largest absolute Gasteiger partial charge is 0.508 e. The number of aliphatic hydroxyl groups excluding tert-OH is 1. The van der Waals surface area contributed by atoms with E-state index in [4.69, 9.17) is 4.74 Å². The third-order valence-electron chi connectivity index (χ3n) is 5.44. The Morgan fingerprint density at radius 1 is 1.12 bits per heavy atom. The van der Waals surface area contributed by atoms with Crippen LogP contribution in [-0.4, -0.2) is 65.5 Å². The average molecular weight is 453 g/mol. The van der Waals surface area contributed by atoms with E-state index < -0.39 is 17.7 Å². The molecule has 1 aliphatic rings. The second kappa shape index (κ2) is 10.5. The van der Waals surface area contributed by atoms with E-state index in [-0.39, 0.29) is 17.1 Å². The summed E-state index contributed by atoms with van der Waals surface area (Å²) >= 11 is 0. The molecule has 2 aromatic rings. The molecular formula is C26H32N2O5. The van der Waals surface area contributed by atoms with E-state index in [2.05, 4.69) is 0 Å². The van der Waals surface area contributed by atoms with E-state index in [1.54, 1.807) is 36.4 Å². The number of hydrogen-bond acceptors (Lipinski definition) is 6. The van der Waals surface area contributed by atoms with Crippen LogP contribution < -0.4 is 4.74 Å². The molecule has 0 bridgehead atoms. The fourth-order valence-corrected chi connectivity index (χ4v) is 3.82. The minimum absolute atomic E-state index is 0.0385. The number of nitrogens with zero attached hydrogens (tertiary/aromatic N) is 2. The first-order chi connectivity index (χ1) is 15.7. The first kappa shape index (κ1) is 24.3. The highest BCUT2D eigenvalue weighted by Crippen LogP contribution is 2.40. The molecule has 1 unspecified atom stereocenters. The van der Waals surface area contributed by atoms with Crippen molar-refractivity contribution in [2.75, 3.05) is 33.8 Å². The molecular weight excluding hydrogens is 420 g/mol. The molecule has 176 valence electrons. The van der Waals surface area contributed by atoms with E-state index in [0.29, 0.717) is 42.4 Å². The quantitative estimate of drug-likeness (QED) is 0.342. The summed E-state index contributed by atoms with van der Waals surface area (Å²) in [5.74, 6) is -0.599. The highest BCUT2D eigenvalue weighted by atomic mass is 16.5. The maximum atomic E-state index is 13.1. The van der Waals surface area contributed by atoms with Crippen LogP contribution in [0, 0.1) is 5.92 Å². The van der Waals surface area contributed by atoms with Crippen LogP contribution in [0.5, 0.6) is 11.5 Å². The van der Waals surface area contributed by atoms with Crippen LogP contribution in [0.4, 0.5) is 0 Å². The monoisotopic (exact) mass is 452 g/mol. The number of Topliss-reactive ketones (excluding diaryl/α,β-unsaturated/α-hetero) is 1. The molecule has 2 N–H and O–H groups in total. The Morgan fingerprint density at radius 2 is 1.82 bits per heavy atom. The van der Waals surface area contributed by atoms with Crippen molar-refractivity contribution in [1.29, 1.82) is 0 Å². The van der Waals surface area contributed by atoms with Gasteiger partial charge in [-0.3, -0.25) is 9.59 Å². The van der Waals surface area contributed by atoms with Gasteiger partial charge >= 0.3 is 0 Å². The number of hydrogen-bond donors (Lipinski definition) is 2. The highest BCUT2D eigenvalue weighted by molar-refractivity contribution is 6.46. The van der Waals surface area contributed by atoms with Crippen LogP contribution in [0.15, 0.2) is 54.1 Å². The van der Waals surface area contributed by atoms with Gasteiger partial charge in [0.1, 0.15) is 17.3 Å². The zero-order valence-corrected chi connectivity index (χ0v) is 19.6. The van der Waals surface area contributed by atoms with Gasteiger partial charge in [-0.1, -0.05) is 38.1 Å². The molecule has 7 heteroatoms. The smallest absolute Gasteiger partial charge is 0.295 e. The minimum Gasteiger partial charge on any atom is -0.508 e. The third-order valence-corrected chi connectivity index (χ3v) is 5.44. The van der Waals surface area contributed by atoms with Gasteiger partial charge in [0.2, 0.25) is 0 Å². The van der Waals surface area contributed by atoms with Crippen molar-refractivity contribution in [2.24, 2.45) is 5.92 Å². The fraction of sp³-hybridized carbons (Fsp3) is 0.385. The Morgan fingerprint density at radius 3 is 2.45 bits per heavy atom. The molecule has 1 saturated heterocycles. The Labute approximate surface area is 194 Å². The van der Waals surface area contributed by atoms with E-state index >= 15 is 0 Å². The number of aromatic hydroxyl groups is 1. The van der Waals surface area contributed by atoms with E-state index in [1.807, 2.05) is 32.8 Å². The minimum atomic E-state index is -0.743. The topological polar surface area (TPSA) is 90.3 Å². The maximum absolute atomic E-state index is 13.1. The first-order valence-corrected chi connectivity index (χ1v) is 11.1. The van der Waals surface area contributed by atoms with Crippen LogP contribution in [0.2, 0.25) is 0 Å². The van der Waals surface area contributed by atoms with E-state index in [1.165, 1.54) is 17.0 Å². The standard InChI is InChI=1S/C26H32N2O5/c1-17(2)16-33-21-8-5-7-19(15-21)24(30)22-23(18-9-11-20(29)12-10-18)28(26(32)25(22)31)14-6-13-27(3)4/h5,7-12,15,17,23,29-30H,6,13-14,16H2,1-4H3/b24-22-. The van der Waals surface area contributed by atoms with Gasteiger partial charge in [0, 0.05) is 12.1 Å². The van der Waals surface area contributed by atoms with Gasteiger partial charge in [0.15, 0.2) is 0 Å². The van der Waals surface area contributed by atoms with Gasteiger partial charge in [-0.2, -0.15) is 0 Å². The highest BCUT2D eigenvalue weighted by Gasteiger charge is 2.45. The van der Waals surface area contributed by atoms with Crippen molar-refractivity contribution < 1.29 is 24.5 Å². The van der Waals surface area contributed by atoms with Crippen LogP contribution in [0.25, 0.3) is 5.76 Å². The molecule has 33 heavy (non-hydrogen) atoms. The van der Waals surface area contributed by atoms with E-state index in [9.17, 15) is 19.8 Å². The molecule has 1 heterocycles. The summed E-state index contributed by atoms with van der Waals surface area (Å²) in [5, 5.41) is 20.9. The number of phenols is 1. The molecule has 1 aliphatic heterocycles. The molecule has 0 aliphatic carbocycles. The van der Waals surface area contributed by atoms with Crippen molar-refractivity contribution in [1.82, 2.24) is 9.80 Å². The molecule has 1 fully saturated rings. The van der Waals surface area contributed by atoms with Crippen molar-refractivity contribution in [3.05, 3.63) is 65.2 Å². The summed E-state index contributed by atoms with van der Waals surface area (Å²) in [4.78, 5) is 29.6. The number of ketones is 1. The number of phenolic OH excluding ortho intramolecular Hbond substituents is 1. The first-order valence-electron chi connectivity index (χ1n) is 11.1. The Balaban J connectivity index is 2.04. The van der Waals surface area contributed by atoms with Gasteiger partial charge in [0.05, 0.1) is 18.2 Å². The summed E-state index contributed by atoms with van der Waals surface area (Å²) in [6, 6.07) is 12.5. The average Bonchev–Trinajstić information content (AvgIpc) is 3.02. The summed E-state index contributed by atoms with van der Waals surface area (Å²) < 4.78 is 5.76. The van der Waals surface area contributed by atoms with Gasteiger partial charge in [-0.05, 0) is 62.8 Å². The van der Waals surface area contributed by atoms with Gasteiger partial charge in [-0.15, -0.1) is 0 Å². The Kier molecular flexibility index (Phi) is 7.76. The molecule has 7 nitrogen and oxygen atoms in total. The van der Waals surface area contributed by atoms with Crippen LogP contribution in [-0.2, 0) is 9.59 Å². The predicted octanol–water partition coefficient (Wildman–Crippen LogP) is 3.80. The van der Waals surface area contributed by atoms with Crippen molar-refractivity contribution >= 4 is 17.4 Å². The molecule has 1 amide bonds. The summed E-state index contributed by atoms with van der Waals surface area (Å²) in [6.07, 6.45) is 0.674. The number of rotatable bonds is 9. The fourth-order valence-electron chi connectivity index (χ4n) is 3.82. The number of carbonyl (C=O) groups excluding carboxylic acids is 2. The summed E-state index contributed by atoms with van der Waals surface area (Å²) in [7, 11) is 3.89. The lowest BCUT2D eigenvalue weighted by atomic mass is 9.95. The third kappa shape index (κ3) is 5.73. The van der Waals surface area contributed by atoms with Crippen LogP contribution in [0.3, 0.4) is 0 Å². The number of likely N-dealkylation sites (tertiary alicyclic amines) is 1. The summed E-state index contributed by atoms with van der Waals surface area (Å²) in [6.45, 7) is 5.72. The van der Waals surface area contributed by atoms with Crippen molar-refractivity contribution in [3.8, 4) is 11.5 Å². The van der Waals surface area contributed by atoms with Crippen molar-refractivity contribution in [2.45, 2.75) is 26.3 Å². The molecule has 1 atom stereocenters. The van der Waals surface area contributed by atoms with Crippen LogP contribution >= 0.6 is 0 Å². The lowest BCUT2D eigenvalue weighted by Gasteiger charge is -2.26. The lowest BCUT2D eigenvalue weighted by Crippen LogP contribution is -2.32. The normalized spacial score (nSPS) is 17.9. The number of aliphatic hydroxyl groups is 1. The zero-order valence-electron chi connectivity index (χ0n) is 19.6. The number of carbonyl (C=O) groups is 2. The van der Waals surface area contributed by atoms with Gasteiger partial charge in [-0.25, -0.2) is 0 Å². The van der Waals surface area contributed by atoms with E-state index in [0.717, 1.165) is 6.54 Å². The molecule has 0 saturated carbocycles. The number of ether oxygens (including phenoxy) is 1. The Bertz CT molecular complexity index is 1030. The predicted molar refractivity (Wildman–Crippen MR) is 127 cm³/mol. The second-order valence-corrected chi connectivity index (χ2v) is 8.97. The van der Waals surface area contributed by atoms with Gasteiger partial charge in [0.25, 0.3) is 11.7 Å². The molecule has 0 aromatic heterocycles. The zero-order chi connectivity index (χ0) is 24.1. The lowest BCUT2D eigenvalue weighted by molar-refractivity contribution is -0.139. The maximum Gasteiger partial charge on any atom is 0.295 e. The summed E-state index contributed by atoms with van der Waals surface area (Å²) in [5.41, 5.74) is 1.09. The molecule has 3 rings (SSSR count). The number of benzene rings is 2. The van der Waals surface area contributed by atoms with Crippen molar-refractivity contribution in [3.63, 3.8) is 0 Å². The van der Waals surface area contributed by atoms with Crippen LogP contribution in [0.1, 0.15) is 37.4 Å².